The van der Waals surface area contributed by atoms with Crippen LogP contribution in [-0.4, -0.2) is 49.1 Å². The Kier molecular flexibility index (Phi) is 3.13. The Balaban J connectivity index is 1.81. The van der Waals surface area contributed by atoms with Gasteiger partial charge in [-0.2, -0.15) is 0 Å². The van der Waals surface area contributed by atoms with E-state index in [0.717, 1.165) is 17.8 Å². The molecule has 0 bridgehead atoms. The van der Waals surface area contributed by atoms with Gasteiger partial charge in [-0.3, -0.25) is 0 Å². The molecule has 2 saturated heterocycles. The predicted octanol–water partition coefficient (Wildman–Crippen LogP) is 1.53. The maximum absolute atomic E-state index is 2.67. The topological polar surface area (TPSA) is 6.48 Å². The summed E-state index contributed by atoms with van der Waals surface area (Å²) in [5.41, 5.74) is 0. The van der Waals surface area contributed by atoms with Crippen LogP contribution in [0.4, 0.5) is 0 Å². The lowest BCUT2D eigenvalue weighted by Crippen LogP contribution is -2.30. The molecule has 0 aliphatic carbocycles. The Morgan fingerprint density at radius 1 is 1.00 bits per heavy atom. The summed E-state index contributed by atoms with van der Waals surface area (Å²) >= 11 is 0. The van der Waals surface area contributed by atoms with Gasteiger partial charge in [0.05, 0.1) is 0 Å². The second-order valence-electron chi connectivity index (χ2n) is 5.48. The standard InChI is InChI=1S/C12H24N2/c1-4-13-6-11-8-14(5-10(2)3)9-12(11)7-13/h10-12H,4-9H2,1-3H3/t11-,12+. The highest BCUT2D eigenvalue weighted by atomic mass is 15.2. The molecule has 2 rings (SSSR count). The molecule has 2 heteroatoms. The van der Waals surface area contributed by atoms with E-state index in [1.54, 1.807) is 0 Å². The molecule has 0 N–H and O–H groups in total. The van der Waals surface area contributed by atoms with E-state index in [1.807, 2.05) is 0 Å². The minimum atomic E-state index is 0.830. The number of fused-ring (bicyclic) bond motifs is 1. The molecule has 0 spiro atoms. The minimum Gasteiger partial charge on any atom is -0.303 e. The Morgan fingerprint density at radius 2 is 1.50 bits per heavy atom. The molecule has 0 saturated carbocycles. The van der Waals surface area contributed by atoms with Crippen LogP contribution >= 0.6 is 0 Å². The Bertz CT molecular complexity index is 177. The molecular weight excluding hydrogens is 172 g/mol. The first-order chi connectivity index (χ1) is 6.69. The quantitative estimate of drug-likeness (QED) is 0.675. The molecule has 0 radical (unpaired) electrons. The average molecular weight is 196 g/mol. The van der Waals surface area contributed by atoms with E-state index < -0.39 is 0 Å². The second kappa shape index (κ2) is 4.19. The number of hydrogen-bond acceptors (Lipinski definition) is 2. The summed E-state index contributed by atoms with van der Waals surface area (Å²) in [5.74, 6) is 2.79. The largest absolute Gasteiger partial charge is 0.303 e. The van der Waals surface area contributed by atoms with Crippen molar-refractivity contribution in [1.82, 2.24) is 9.80 Å². The van der Waals surface area contributed by atoms with Crippen molar-refractivity contribution in [1.29, 1.82) is 0 Å². The van der Waals surface area contributed by atoms with E-state index in [2.05, 4.69) is 30.6 Å². The highest BCUT2D eigenvalue weighted by Gasteiger charge is 2.38. The van der Waals surface area contributed by atoms with Crippen molar-refractivity contribution in [2.45, 2.75) is 20.8 Å². The smallest absolute Gasteiger partial charge is 0.00257 e. The fourth-order valence-corrected chi connectivity index (χ4v) is 3.11. The highest BCUT2D eigenvalue weighted by Crippen LogP contribution is 2.30. The van der Waals surface area contributed by atoms with Crippen LogP contribution in [0.5, 0.6) is 0 Å². The molecule has 2 aliphatic rings. The van der Waals surface area contributed by atoms with Crippen molar-refractivity contribution in [3.8, 4) is 0 Å². The third-order valence-electron chi connectivity index (χ3n) is 3.71. The molecule has 82 valence electrons. The summed E-state index contributed by atoms with van der Waals surface area (Å²) in [4.78, 5) is 5.29. The number of likely N-dealkylation sites (tertiary alicyclic amines) is 2. The lowest BCUT2D eigenvalue weighted by Gasteiger charge is -2.21. The molecule has 2 fully saturated rings. The van der Waals surface area contributed by atoms with Crippen LogP contribution in [0.3, 0.4) is 0 Å². The van der Waals surface area contributed by atoms with E-state index in [0.29, 0.717) is 0 Å². The molecule has 0 aromatic heterocycles. The lowest BCUT2D eigenvalue weighted by molar-refractivity contribution is 0.243. The van der Waals surface area contributed by atoms with Crippen LogP contribution in [0.15, 0.2) is 0 Å². The first-order valence-corrected chi connectivity index (χ1v) is 6.13. The second-order valence-corrected chi connectivity index (χ2v) is 5.48. The van der Waals surface area contributed by atoms with Gasteiger partial charge in [0.2, 0.25) is 0 Å². The van der Waals surface area contributed by atoms with E-state index in [4.69, 9.17) is 0 Å². The monoisotopic (exact) mass is 196 g/mol. The molecule has 2 atom stereocenters. The third kappa shape index (κ3) is 2.12. The normalized spacial score (nSPS) is 34.3. The maximum atomic E-state index is 2.67. The van der Waals surface area contributed by atoms with E-state index in [-0.39, 0.29) is 0 Å². The fourth-order valence-electron chi connectivity index (χ4n) is 3.11. The molecule has 0 aromatic rings. The number of nitrogens with zero attached hydrogens (tertiary/aromatic N) is 2. The van der Waals surface area contributed by atoms with Crippen molar-refractivity contribution in [3.05, 3.63) is 0 Å². The predicted molar refractivity (Wildman–Crippen MR) is 60.4 cm³/mol. The van der Waals surface area contributed by atoms with Gasteiger partial charge >= 0.3 is 0 Å². The summed E-state index contributed by atoms with van der Waals surface area (Å²) in [6, 6.07) is 0. The van der Waals surface area contributed by atoms with Crippen molar-refractivity contribution >= 4 is 0 Å². The van der Waals surface area contributed by atoms with Gasteiger partial charge in [0.1, 0.15) is 0 Å². The summed E-state index contributed by atoms with van der Waals surface area (Å²) in [6.07, 6.45) is 0. The van der Waals surface area contributed by atoms with Crippen LogP contribution in [0.25, 0.3) is 0 Å². The zero-order valence-corrected chi connectivity index (χ0v) is 9.87. The average Bonchev–Trinajstić information content (AvgIpc) is 2.59. The van der Waals surface area contributed by atoms with Gasteiger partial charge in [-0.15, -0.1) is 0 Å². The van der Waals surface area contributed by atoms with Gasteiger partial charge in [0.25, 0.3) is 0 Å². The van der Waals surface area contributed by atoms with Gasteiger partial charge in [-0.1, -0.05) is 20.8 Å². The molecular formula is C12H24N2. The van der Waals surface area contributed by atoms with Gasteiger partial charge in [0.15, 0.2) is 0 Å². The SMILES string of the molecule is CCN1C[C@@H]2CN(CC(C)C)C[C@@H]2C1. The van der Waals surface area contributed by atoms with E-state index in [9.17, 15) is 0 Å². The molecule has 14 heavy (non-hydrogen) atoms. The summed E-state index contributed by atoms with van der Waals surface area (Å²) in [5, 5.41) is 0. The summed E-state index contributed by atoms with van der Waals surface area (Å²) in [6.45, 7) is 14.9. The maximum Gasteiger partial charge on any atom is 0.00257 e. The van der Waals surface area contributed by atoms with Crippen LogP contribution in [-0.2, 0) is 0 Å². The van der Waals surface area contributed by atoms with Gasteiger partial charge in [0, 0.05) is 32.7 Å². The first kappa shape index (κ1) is 10.4. The van der Waals surface area contributed by atoms with Crippen molar-refractivity contribution in [2.75, 3.05) is 39.3 Å². The van der Waals surface area contributed by atoms with E-state index >= 15 is 0 Å². The van der Waals surface area contributed by atoms with Crippen LogP contribution < -0.4 is 0 Å². The third-order valence-corrected chi connectivity index (χ3v) is 3.71. The molecule has 2 aliphatic heterocycles. The van der Waals surface area contributed by atoms with Crippen molar-refractivity contribution in [2.24, 2.45) is 17.8 Å². The van der Waals surface area contributed by atoms with Crippen LogP contribution in [0.2, 0.25) is 0 Å². The summed E-state index contributed by atoms with van der Waals surface area (Å²) in [7, 11) is 0. The van der Waals surface area contributed by atoms with Crippen LogP contribution in [0.1, 0.15) is 20.8 Å². The molecule has 2 nitrogen and oxygen atoms in total. The number of hydrogen-bond donors (Lipinski definition) is 0. The number of rotatable bonds is 3. The fraction of sp³-hybridized carbons (Fsp3) is 1.00. The molecule has 0 aromatic carbocycles. The summed E-state index contributed by atoms with van der Waals surface area (Å²) < 4.78 is 0. The molecule has 2 heterocycles. The van der Waals surface area contributed by atoms with Gasteiger partial charge in [-0.05, 0) is 24.3 Å². The highest BCUT2D eigenvalue weighted by molar-refractivity contribution is 4.92. The molecule has 0 amide bonds. The zero-order valence-electron chi connectivity index (χ0n) is 9.87. The zero-order chi connectivity index (χ0) is 10.1. The minimum absolute atomic E-state index is 0.830. The van der Waals surface area contributed by atoms with Crippen molar-refractivity contribution < 1.29 is 0 Å². The van der Waals surface area contributed by atoms with E-state index in [1.165, 1.54) is 39.3 Å². The first-order valence-electron chi connectivity index (χ1n) is 6.13. The van der Waals surface area contributed by atoms with Gasteiger partial charge in [-0.25, -0.2) is 0 Å². The Labute approximate surface area is 88.3 Å². The lowest BCUT2D eigenvalue weighted by atomic mass is 10.0. The molecule has 0 unspecified atom stereocenters. The van der Waals surface area contributed by atoms with Crippen LogP contribution in [0, 0.1) is 17.8 Å². The van der Waals surface area contributed by atoms with Gasteiger partial charge < -0.3 is 9.80 Å². The van der Waals surface area contributed by atoms with Crippen molar-refractivity contribution in [3.63, 3.8) is 0 Å². The Morgan fingerprint density at radius 3 is 1.93 bits per heavy atom. The Hall–Kier alpha value is -0.0800.